The van der Waals surface area contributed by atoms with Gasteiger partial charge in [0.2, 0.25) is 5.78 Å². The predicted molar refractivity (Wildman–Crippen MR) is 101 cm³/mol. The number of fused-ring (bicyclic) bond motifs is 1. The molecule has 4 heteroatoms. The summed E-state index contributed by atoms with van der Waals surface area (Å²) in [5.74, 6) is -1.17. The zero-order chi connectivity index (χ0) is 18.7. The van der Waals surface area contributed by atoms with Crippen LogP contribution < -0.4 is 0 Å². The lowest BCUT2D eigenvalue weighted by Crippen LogP contribution is -2.24. The van der Waals surface area contributed by atoms with Gasteiger partial charge in [-0.2, -0.15) is 0 Å². The van der Waals surface area contributed by atoms with Crippen LogP contribution in [0.3, 0.4) is 0 Å². The molecule has 3 aromatic carbocycles. The SMILES string of the molecule is CCc1ccc(C(=O)[C@@H](C)OC(=O)c2cc3ccccc3cc2O)cc1. The normalized spacial score (nSPS) is 11.9. The van der Waals surface area contributed by atoms with Gasteiger partial charge in [-0.1, -0.05) is 55.5 Å². The number of rotatable bonds is 5. The number of aryl methyl sites for hydroxylation is 1. The maximum Gasteiger partial charge on any atom is 0.342 e. The van der Waals surface area contributed by atoms with Crippen LogP contribution in [-0.4, -0.2) is 23.0 Å². The van der Waals surface area contributed by atoms with Crippen LogP contribution in [0, 0.1) is 0 Å². The van der Waals surface area contributed by atoms with E-state index in [1.54, 1.807) is 18.2 Å². The van der Waals surface area contributed by atoms with Crippen molar-refractivity contribution in [1.82, 2.24) is 0 Å². The first-order chi connectivity index (χ1) is 12.5. The van der Waals surface area contributed by atoms with Gasteiger partial charge in [0.15, 0.2) is 6.10 Å². The number of carbonyl (C=O) groups excluding carboxylic acids is 2. The third kappa shape index (κ3) is 3.59. The largest absolute Gasteiger partial charge is 0.507 e. The molecule has 4 nitrogen and oxygen atoms in total. The summed E-state index contributed by atoms with van der Waals surface area (Å²) in [6, 6.07) is 17.7. The minimum absolute atomic E-state index is 0.0460. The van der Waals surface area contributed by atoms with E-state index in [1.165, 1.54) is 13.0 Å². The van der Waals surface area contributed by atoms with Gasteiger partial charge in [0.1, 0.15) is 11.3 Å². The highest BCUT2D eigenvalue weighted by Crippen LogP contribution is 2.26. The Bertz CT molecular complexity index is 958. The standard InChI is InChI=1S/C22H20O4/c1-3-15-8-10-16(11-9-15)21(24)14(2)26-22(25)19-12-17-6-4-5-7-18(17)13-20(19)23/h4-14,23H,3H2,1-2H3/t14-/m1/s1. The minimum Gasteiger partial charge on any atom is -0.507 e. The fourth-order valence-electron chi connectivity index (χ4n) is 2.81. The second-order valence-electron chi connectivity index (χ2n) is 6.18. The first-order valence-corrected chi connectivity index (χ1v) is 8.55. The van der Waals surface area contributed by atoms with Crippen molar-refractivity contribution in [1.29, 1.82) is 0 Å². The number of aromatic hydroxyl groups is 1. The molecule has 132 valence electrons. The van der Waals surface area contributed by atoms with E-state index in [1.807, 2.05) is 43.3 Å². The van der Waals surface area contributed by atoms with Gasteiger partial charge >= 0.3 is 5.97 Å². The van der Waals surface area contributed by atoms with Gasteiger partial charge in [0.25, 0.3) is 0 Å². The lowest BCUT2D eigenvalue weighted by atomic mass is 10.0. The second kappa shape index (κ2) is 7.40. The fourth-order valence-corrected chi connectivity index (χ4v) is 2.81. The van der Waals surface area contributed by atoms with Crippen molar-refractivity contribution >= 4 is 22.5 Å². The molecule has 0 saturated heterocycles. The van der Waals surface area contributed by atoms with Gasteiger partial charge in [-0.15, -0.1) is 0 Å². The van der Waals surface area contributed by atoms with Crippen LogP contribution in [-0.2, 0) is 11.2 Å². The van der Waals surface area contributed by atoms with E-state index in [-0.39, 0.29) is 17.1 Å². The first kappa shape index (κ1) is 17.7. The molecule has 0 saturated carbocycles. The highest BCUT2D eigenvalue weighted by Gasteiger charge is 2.22. The lowest BCUT2D eigenvalue weighted by Gasteiger charge is -2.14. The maximum atomic E-state index is 12.5. The monoisotopic (exact) mass is 348 g/mol. The molecule has 0 heterocycles. The summed E-state index contributed by atoms with van der Waals surface area (Å²) < 4.78 is 5.29. The number of hydrogen-bond acceptors (Lipinski definition) is 4. The molecule has 3 rings (SSSR count). The van der Waals surface area contributed by atoms with Crippen molar-refractivity contribution in [2.24, 2.45) is 0 Å². The summed E-state index contributed by atoms with van der Waals surface area (Å²) >= 11 is 0. The quantitative estimate of drug-likeness (QED) is 0.543. The summed E-state index contributed by atoms with van der Waals surface area (Å²) in [7, 11) is 0. The summed E-state index contributed by atoms with van der Waals surface area (Å²) in [6.45, 7) is 3.57. The van der Waals surface area contributed by atoms with Gasteiger partial charge in [-0.25, -0.2) is 4.79 Å². The molecular weight excluding hydrogens is 328 g/mol. The van der Waals surface area contributed by atoms with Crippen molar-refractivity contribution in [3.63, 3.8) is 0 Å². The molecule has 0 unspecified atom stereocenters. The number of benzene rings is 3. The Morgan fingerprint density at radius 1 is 1.00 bits per heavy atom. The zero-order valence-corrected chi connectivity index (χ0v) is 14.7. The number of ketones is 1. The van der Waals surface area contributed by atoms with E-state index >= 15 is 0 Å². The molecule has 1 N–H and O–H groups in total. The van der Waals surface area contributed by atoms with E-state index < -0.39 is 12.1 Å². The van der Waals surface area contributed by atoms with Gasteiger partial charge < -0.3 is 9.84 Å². The third-order valence-corrected chi connectivity index (χ3v) is 4.38. The molecule has 3 aromatic rings. The molecule has 26 heavy (non-hydrogen) atoms. The average Bonchev–Trinajstić information content (AvgIpc) is 2.66. The van der Waals surface area contributed by atoms with E-state index in [2.05, 4.69) is 0 Å². The lowest BCUT2D eigenvalue weighted by molar-refractivity contribution is 0.0316. The number of carbonyl (C=O) groups is 2. The van der Waals surface area contributed by atoms with Crippen molar-refractivity contribution in [3.8, 4) is 5.75 Å². The Balaban J connectivity index is 1.78. The van der Waals surface area contributed by atoms with E-state index in [0.29, 0.717) is 5.56 Å². The van der Waals surface area contributed by atoms with Crippen LogP contribution in [0.1, 0.15) is 40.1 Å². The summed E-state index contributed by atoms with van der Waals surface area (Å²) in [5, 5.41) is 11.8. The fraction of sp³-hybridized carbons (Fsp3) is 0.182. The summed E-state index contributed by atoms with van der Waals surface area (Å²) in [5.41, 5.74) is 1.67. The van der Waals surface area contributed by atoms with Gasteiger partial charge in [0.05, 0.1) is 0 Å². The third-order valence-electron chi connectivity index (χ3n) is 4.38. The van der Waals surface area contributed by atoms with Crippen molar-refractivity contribution in [2.75, 3.05) is 0 Å². The van der Waals surface area contributed by atoms with Crippen LogP contribution in [0.5, 0.6) is 5.75 Å². The molecule has 0 bridgehead atoms. The van der Waals surface area contributed by atoms with Crippen LogP contribution >= 0.6 is 0 Å². The van der Waals surface area contributed by atoms with E-state index in [9.17, 15) is 14.7 Å². The van der Waals surface area contributed by atoms with Crippen LogP contribution in [0.2, 0.25) is 0 Å². The smallest absolute Gasteiger partial charge is 0.342 e. The maximum absolute atomic E-state index is 12.5. The minimum atomic E-state index is -0.944. The van der Waals surface area contributed by atoms with Crippen LogP contribution in [0.25, 0.3) is 10.8 Å². The molecule has 0 fully saturated rings. The Morgan fingerprint density at radius 2 is 1.62 bits per heavy atom. The molecular formula is C22H20O4. The van der Waals surface area contributed by atoms with Crippen LogP contribution in [0.15, 0.2) is 60.7 Å². The van der Waals surface area contributed by atoms with Gasteiger partial charge in [-0.3, -0.25) is 4.79 Å². The number of phenolic OH excluding ortho intramolecular Hbond substituents is 1. The summed E-state index contributed by atoms with van der Waals surface area (Å²) in [6.07, 6.45) is -0.0545. The number of hydrogen-bond donors (Lipinski definition) is 1. The van der Waals surface area contributed by atoms with E-state index in [4.69, 9.17) is 4.74 Å². The van der Waals surface area contributed by atoms with Crippen molar-refractivity contribution < 1.29 is 19.4 Å². The average molecular weight is 348 g/mol. The molecule has 0 aliphatic rings. The highest BCUT2D eigenvalue weighted by atomic mass is 16.5. The Labute approximate surface area is 152 Å². The van der Waals surface area contributed by atoms with Crippen LogP contribution in [0.4, 0.5) is 0 Å². The topological polar surface area (TPSA) is 63.6 Å². The second-order valence-corrected chi connectivity index (χ2v) is 6.18. The Hall–Kier alpha value is -3.14. The molecule has 0 aliphatic carbocycles. The highest BCUT2D eigenvalue weighted by molar-refractivity contribution is 6.03. The molecule has 0 radical (unpaired) electrons. The van der Waals surface area contributed by atoms with Gasteiger partial charge in [-0.05, 0) is 41.8 Å². The number of ether oxygens (including phenoxy) is 1. The van der Waals surface area contributed by atoms with E-state index in [0.717, 1.165) is 22.8 Å². The van der Waals surface area contributed by atoms with Crippen molar-refractivity contribution in [2.45, 2.75) is 26.4 Å². The summed E-state index contributed by atoms with van der Waals surface area (Å²) in [4.78, 5) is 24.9. The number of Topliss-reactive ketones (excluding diaryl/α,β-unsaturated/α-hetero) is 1. The molecule has 0 spiro atoms. The molecule has 0 aromatic heterocycles. The zero-order valence-electron chi connectivity index (χ0n) is 14.7. The molecule has 0 aliphatic heterocycles. The molecule has 1 atom stereocenters. The predicted octanol–water partition coefficient (Wildman–Crippen LogP) is 4.54. The first-order valence-electron chi connectivity index (χ1n) is 8.55. The van der Waals surface area contributed by atoms with Crippen molar-refractivity contribution in [3.05, 3.63) is 77.4 Å². The number of esters is 1. The Kier molecular flexibility index (Phi) is 5.03. The van der Waals surface area contributed by atoms with Gasteiger partial charge in [0, 0.05) is 5.56 Å². The molecule has 0 amide bonds. The number of phenols is 1. The Morgan fingerprint density at radius 3 is 2.23 bits per heavy atom.